The fourth-order valence-electron chi connectivity index (χ4n) is 9.72. The van der Waals surface area contributed by atoms with Gasteiger partial charge in [0.15, 0.2) is 12.4 Å². The first-order valence-electron chi connectivity index (χ1n) is 14.6. The van der Waals surface area contributed by atoms with E-state index >= 15 is 0 Å². The lowest BCUT2D eigenvalue weighted by Crippen LogP contribution is -2.80. The van der Waals surface area contributed by atoms with Crippen LogP contribution in [0.4, 0.5) is 0 Å². The molecule has 6 aromatic rings. The fourth-order valence-corrected chi connectivity index (χ4v) is 12.7. The molecule has 7 heterocycles. The van der Waals surface area contributed by atoms with Gasteiger partial charge >= 0.3 is 5.66 Å². The van der Waals surface area contributed by atoms with E-state index in [0.29, 0.717) is 0 Å². The van der Waals surface area contributed by atoms with Crippen LogP contribution in [-0.2, 0) is 27.3 Å². The van der Waals surface area contributed by atoms with Crippen LogP contribution < -0.4 is 13.9 Å². The molecule has 204 valence electrons. The molecule has 0 saturated heterocycles. The summed E-state index contributed by atoms with van der Waals surface area (Å²) < 4.78 is 40.3. The van der Waals surface area contributed by atoms with Gasteiger partial charge in [0, 0.05) is 30.7 Å². The number of rotatable bonds is 0. The second kappa shape index (κ2) is 6.47. The van der Waals surface area contributed by atoms with Crippen LogP contribution in [0.15, 0.2) is 105 Å². The molecule has 44 heavy (non-hydrogen) atoms. The van der Waals surface area contributed by atoms with Crippen LogP contribution in [-0.4, -0.2) is 18.4 Å². The van der Waals surface area contributed by atoms with Gasteiger partial charge < -0.3 is 4.74 Å². The maximum atomic E-state index is 14.4. The molecule has 5 aliphatic heterocycles. The van der Waals surface area contributed by atoms with Crippen molar-refractivity contribution in [3.63, 3.8) is 0 Å². The van der Waals surface area contributed by atoms with E-state index in [9.17, 15) is 8.42 Å². The van der Waals surface area contributed by atoms with Gasteiger partial charge in [-0.2, -0.15) is 9.13 Å². The van der Waals surface area contributed by atoms with Crippen LogP contribution in [0.1, 0.15) is 56.6 Å². The lowest BCUT2D eigenvalue weighted by molar-refractivity contribution is -0.981. The van der Waals surface area contributed by atoms with Crippen LogP contribution in [0, 0.1) is 0 Å². The number of hydrogen-bond donors (Lipinski definition) is 0. The second-order valence-corrected chi connectivity index (χ2v) is 15.3. The molecule has 9 heteroatoms. The Morgan fingerprint density at radius 3 is 1.57 bits per heavy atom. The maximum Gasteiger partial charge on any atom is 0.313 e. The number of ether oxygens (including phenoxy) is 1. The van der Waals surface area contributed by atoms with Gasteiger partial charge in [0.2, 0.25) is 0 Å². The number of hydrogen-bond acceptors (Lipinski definition) is 5. The molecule has 4 unspecified atom stereocenters. The van der Waals surface area contributed by atoms with Crippen LogP contribution >= 0.6 is 0 Å². The van der Waals surface area contributed by atoms with Crippen molar-refractivity contribution in [2.75, 3.05) is 0 Å². The van der Waals surface area contributed by atoms with Crippen molar-refractivity contribution in [1.29, 1.82) is 0 Å². The van der Waals surface area contributed by atoms with E-state index in [-0.39, 0.29) is 11.8 Å². The normalized spacial score (nSPS) is 25.7. The van der Waals surface area contributed by atoms with Crippen LogP contribution in [0.2, 0.25) is 0 Å². The highest BCUT2D eigenvalue weighted by atomic mass is 32.2. The Bertz CT molecular complexity index is 2430. The van der Waals surface area contributed by atoms with Crippen LogP contribution in [0.5, 0.6) is 11.5 Å². The third kappa shape index (κ3) is 1.87. The van der Waals surface area contributed by atoms with E-state index in [4.69, 9.17) is 14.7 Å². The summed E-state index contributed by atoms with van der Waals surface area (Å²) in [7, 11) is -2.73. The van der Waals surface area contributed by atoms with Gasteiger partial charge in [-0.05, 0) is 58.7 Å². The highest BCUT2D eigenvalue weighted by Gasteiger charge is 2.68. The Hall–Kier alpha value is -4.86. The summed E-state index contributed by atoms with van der Waals surface area (Å²) in [5.41, 5.74) is 11.8. The topological polar surface area (TPSA) is 76.9 Å². The Kier molecular flexibility index (Phi) is 3.20. The van der Waals surface area contributed by atoms with Gasteiger partial charge in [0.25, 0.3) is 12.7 Å². The van der Waals surface area contributed by atoms with Gasteiger partial charge in [-0.25, -0.2) is 8.42 Å². The molecule has 7 aliphatic rings. The average molecular weight is 605 g/mol. The van der Waals surface area contributed by atoms with Gasteiger partial charge in [-0.1, -0.05) is 34.2 Å². The Morgan fingerprint density at radius 2 is 1.07 bits per heavy atom. The highest BCUT2D eigenvalue weighted by Crippen LogP contribution is 2.65. The van der Waals surface area contributed by atoms with E-state index in [2.05, 4.69) is 21.3 Å². The molecular formula is C35H16N4O3S2+2. The van der Waals surface area contributed by atoms with Gasteiger partial charge in [0.05, 0.1) is 55.7 Å². The standard InChI is InChI=1S/C35H16N4O3S2/c40-43-21-5-1-3-15-17-11-36-13-38-33(17)29(25(15)21)27-23(43)9-7-19-31(27)35(38)32-20(42-19)8-10-24-28(32)30-26-16(4-2-6-22(26)44(24)41)18-12-37-14-39(35)34(18)30/h1-14,29-30H/q+2. The summed E-state index contributed by atoms with van der Waals surface area (Å²) in [4.78, 5) is 13.1. The highest BCUT2D eigenvalue weighted by molar-refractivity contribution is 7.85. The predicted molar refractivity (Wildman–Crippen MR) is 156 cm³/mol. The number of nitrogens with zero attached hydrogens (tertiary/aromatic N) is 4. The first-order valence-corrected chi connectivity index (χ1v) is 16.9. The van der Waals surface area contributed by atoms with E-state index in [1.54, 1.807) is 0 Å². The molecule has 2 aromatic heterocycles. The quantitative estimate of drug-likeness (QED) is 0.241. The molecule has 2 aliphatic carbocycles. The summed E-state index contributed by atoms with van der Waals surface area (Å²) in [6, 6.07) is 20.2. The zero-order chi connectivity index (χ0) is 28.4. The first-order chi connectivity index (χ1) is 21.7. The Labute approximate surface area is 254 Å². The van der Waals surface area contributed by atoms with E-state index in [1.807, 2.05) is 73.6 Å². The molecule has 0 bridgehead atoms. The lowest BCUT2D eigenvalue weighted by Gasteiger charge is -2.47. The molecule has 4 aromatic carbocycles. The first kappa shape index (κ1) is 21.8. The monoisotopic (exact) mass is 604 g/mol. The van der Waals surface area contributed by atoms with E-state index < -0.39 is 27.3 Å². The summed E-state index contributed by atoms with van der Waals surface area (Å²) in [6.45, 7) is 0. The molecule has 13 rings (SSSR count). The van der Waals surface area contributed by atoms with Crippen molar-refractivity contribution < 1.29 is 22.3 Å². The zero-order valence-corrected chi connectivity index (χ0v) is 24.2. The van der Waals surface area contributed by atoms with Gasteiger partial charge in [-0.15, -0.1) is 0 Å². The van der Waals surface area contributed by atoms with Crippen molar-refractivity contribution >= 4 is 21.6 Å². The molecule has 0 N–H and O–H groups in total. The minimum Gasteiger partial charge on any atom is -0.456 e. The minimum atomic E-state index is -1.37. The van der Waals surface area contributed by atoms with Crippen molar-refractivity contribution in [3.8, 4) is 33.8 Å². The van der Waals surface area contributed by atoms with Crippen molar-refractivity contribution in [1.82, 2.24) is 9.97 Å². The van der Waals surface area contributed by atoms with E-state index in [1.165, 1.54) is 0 Å². The largest absolute Gasteiger partial charge is 0.456 e. The number of fused-ring (bicyclic) bond motifs is 2. The average Bonchev–Trinajstić information content (AvgIpc) is 3.59. The molecule has 4 atom stereocenters. The third-order valence-corrected chi connectivity index (χ3v) is 14.0. The molecule has 0 amide bonds. The maximum absolute atomic E-state index is 14.4. The predicted octanol–water partition coefficient (Wildman–Crippen LogP) is 4.36. The third-order valence-electron chi connectivity index (χ3n) is 11.0. The summed E-state index contributed by atoms with van der Waals surface area (Å²) in [5.74, 6) is 1.28. The second-order valence-electron chi connectivity index (χ2n) is 12.4. The molecule has 1 spiro atoms. The minimum absolute atomic E-state index is 0.0989. The van der Waals surface area contributed by atoms with Crippen molar-refractivity contribution in [3.05, 3.63) is 130 Å². The van der Waals surface area contributed by atoms with Crippen molar-refractivity contribution in [2.45, 2.75) is 37.1 Å². The van der Waals surface area contributed by atoms with E-state index in [0.717, 1.165) is 98.1 Å². The zero-order valence-electron chi connectivity index (χ0n) is 22.6. The Balaban J connectivity index is 1.33. The molecular weight excluding hydrogens is 589 g/mol. The molecule has 0 fully saturated rings. The fraction of sp³-hybridized carbons (Fsp3) is 0.0857. The van der Waals surface area contributed by atoms with Crippen molar-refractivity contribution in [2.24, 2.45) is 0 Å². The summed E-state index contributed by atoms with van der Waals surface area (Å²) >= 11 is 0. The number of benzene rings is 4. The van der Waals surface area contributed by atoms with Crippen LogP contribution in [0.3, 0.4) is 0 Å². The molecule has 7 nitrogen and oxygen atoms in total. The van der Waals surface area contributed by atoms with Gasteiger partial charge in [-0.3, -0.25) is 0 Å². The smallest absolute Gasteiger partial charge is 0.313 e. The van der Waals surface area contributed by atoms with Crippen LogP contribution in [0.25, 0.3) is 22.3 Å². The lowest BCUT2D eigenvalue weighted by atomic mass is 9.70. The molecule has 0 radical (unpaired) electrons. The Morgan fingerprint density at radius 1 is 0.591 bits per heavy atom. The molecule has 0 saturated carbocycles. The summed E-state index contributed by atoms with van der Waals surface area (Å²) in [5, 5.41) is 0. The summed E-state index contributed by atoms with van der Waals surface area (Å²) in [6.07, 6.45) is 7.80. The van der Waals surface area contributed by atoms with Gasteiger partial charge in [0.1, 0.15) is 22.9 Å². The SMILES string of the molecule is O=S1c2cccc3c2C2c4c1ccc1c4C4(c5c(ccc6c5C5c7c(cccc7S6=O)-c6cnc[n+]4c65)O1)[n+]1cncc-3c12. The number of aromatic nitrogens is 4.